The second-order valence-electron chi connectivity index (χ2n) is 7.46. The highest BCUT2D eigenvalue weighted by atomic mass is 35.5. The zero-order valence-corrected chi connectivity index (χ0v) is 16.5. The van der Waals surface area contributed by atoms with Crippen LogP contribution in [-0.4, -0.2) is 38.0 Å². The van der Waals surface area contributed by atoms with Crippen molar-refractivity contribution < 1.29 is 18.9 Å². The fourth-order valence-electron chi connectivity index (χ4n) is 4.17. The minimum absolute atomic E-state index is 0.0509. The Morgan fingerprint density at radius 3 is 2.75 bits per heavy atom. The van der Waals surface area contributed by atoms with E-state index < -0.39 is 0 Å². The number of nitrogens with zero attached hydrogens (tertiary/aromatic N) is 1. The molecule has 0 radical (unpaired) electrons. The molecule has 0 bridgehead atoms. The highest BCUT2D eigenvalue weighted by molar-refractivity contribution is 6.34. The van der Waals surface area contributed by atoms with E-state index in [4.69, 9.17) is 16.0 Å². The van der Waals surface area contributed by atoms with Gasteiger partial charge in [-0.2, -0.15) is 0 Å². The first kappa shape index (κ1) is 19.0. The third-order valence-electron chi connectivity index (χ3n) is 5.66. The smallest absolute Gasteiger partial charge is 0.251 e. The lowest BCUT2D eigenvalue weighted by molar-refractivity contribution is -0.919. The second-order valence-corrected chi connectivity index (χ2v) is 7.87. The molecule has 3 heterocycles. The van der Waals surface area contributed by atoms with Crippen molar-refractivity contribution in [3.8, 4) is 0 Å². The van der Waals surface area contributed by atoms with E-state index in [0.29, 0.717) is 35.8 Å². The Bertz CT molecular complexity index is 847. The van der Waals surface area contributed by atoms with Gasteiger partial charge in [-0.25, -0.2) is 0 Å². The Morgan fingerprint density at radius 2 is 2.07 bits per heavy atom. The van der Waals surface area contributed by atoms with Crippen LogP contribution in [0.3, 0.4) is 0 Å². The van der Waals surface area contributed by atoms with Crippen LogP contribution >= 0.6 is 11.6 Å². The lowest BCUT2D eigenvalue weighted by Gasteiger charge is -2.23. The molecule has 1 aromatic heterocycles. The lowest BCUT2D eigenvalue weighted by atomic mass is 10.1. The molecule has 4 rings (SSSR count). The van der Waals surface area contributed by atoms with Gasteiger partial charge in [0.1, 0.15) is 0 Å². The number of carbonyl (C=O) groups is 2. The van der Waals surface area contributed by atoms with Crippen molar-refractivity contribution in [1.82, 2.24) is 5.32 Å². The number of anilines is 1. The SMILES string of the molecule is O=C(NC[C@H](c1ccco1)[NH+]1CCCC1)c1ccc(Cl)c(N2CCCC2=O)c1. The van der Waals surface area contributed by atoms with Gasteiger partial charge in [0.15, 0.2) is 11.8 Å². The van der Waals surface area contributed by atoms with Crippen molar-refractivity contribution in [3.63, 3.8) is 0 Å². The Balaban J connectivity index is 1.47. The number of hydrogen-bond acceptors (Lipinski definition) is 3. The van der Waals surface area contributed by atoms with Crippen LogP contribution in [0.15, 0.2) is 41.0 Å². The fraction of sp³-hybridized carbons (Fsp3) is 0.429. The van der Waals surface area contributed by atoms with E-state index in [1.54, 1.807) is 29.4 Å². The summed E-state index contributed by atoms with van der Waals surface area (Å²) in [5.41, 5.74) is 1.12. The molecule has 148 valence electrons. The molecule has 6 nitrogen and oxygen atoms in total. The van der Waals surface area contributed by atoms with Crippen LogP contribution < -0.4 is 15.1 Å². The maximum absolute atomic E-state index is 12.8. The van der Waals surface area contributed by atoms with Gasteiger partial charge >= 0.3 is 0 Å². The molecule has 2 N–H and O–H groups in total. The lowest BCUT2D eigenvalue weighted by Crippen LogP contribution is -3.11. The van der Waals surface area contributed by atoms with Gasteiger partial charge in [-0.3, -0.25) is 9.59 Å². The van der Waals surface area contributed by atoms with Gasteiger partial charge in [0.2, 0.25) is 5.91 Å². The topological polar surface area (TPSA) is 67.0 Å². The molecule has 2 aliphatic rings. The van der Waals surface area contributed by atoms with Crippen LogP contribution in [-0.2, 0) is 4.79 Å². The normalized spacial score (nSPS) is 18.6. The molecule has 7 heteroatoms. The van der Waals surface area contributed by atoms with E-state index in [9.17, 15) is 9.59 Å². The molecule has 2 aromatic rings. The van der Waals surface area contributed by atoms with Crippen molar-refractivity contribution in [3.05, 3.63) is 52.9 Å². The minimum atomic E-state index is -0.167. The first-order valence-electron chi connectivity index (χ1n) is 9.89. The summed E-state index contributed by atoms with van der Waals surface area (Å²) in [7, 11) is 0. The summed E-state index contributed by atoms with van der Waals surface area (Å²) in [6, 6.07) is 9.07. The molecule has 2 aliphatic heterocycles. The van der Waals surface area contributed by atoms with Crippen LogP contribution in [0.5, 0.6) is 0 Å². The third kappa shape index (κ3) is 3.93. The van der Waals surface area contributed by atoms with Crippen molar-refractivity contribution in [2.75, 3.05) is 31.1 Å². The first-order chi connectivity index (χ1) is 13.6. The highest BCUT2D eigenvalue weighted by Crippen LogP contribution is 2.30. The van der Waals surface area contributed by atoms with Crippen molar-refractivity contribution >= 4 is 29.1 Å². The first-order valence-corrected chi connectivity index (χ1v) is 10.3. The average Bonchev–Trinajstić information content (AvgIpc) is 3.45. The van der Waals surface area contributed by atoms with Gasteiger partial charge in [-0.15, -0.1) is 0 Å². The maximum Gasteiger partial charge on any atom is 0.251 e. The highest BCUT2D eigenvalue weighted by Gasteiger charge is 2.30. The fourth-order valence-corrected chi connectivity index (χ4v) is 4.39. The number of likely N-dealkylation sites (tertiary alicyclic amines) is 1. The predicted molar refractivity (Wildman–Crippen MR) is 107 cm³/mol. The zero-order chi connectivity index (χ0) is 19.5. The Kier molecular flexibility index (Phi) is 5.69. The molecule has 0 unspecified atom stereocenters. The van der Waals surface area contributed by atoms with Crippen LogP contribution in [0.1, 0.15) is 47.8 Å². The third-order valence-corrected chi connectivity index (χ3v) is 5.98. The minimum Gasteiger partial charge on any atom is -0.463 e. The molecule has 0 saturated carbocycles. The Hall–Kier alpha value is -2.31. The van der Waals surface area contributed by atoms with E-state index >= 15 is 0 Å². The van der Waals surface area contributed by atoms with Crippen molar-refractivity contribution in [2.45, 2.75) is 31.7 Å². The molecular weight excluding hydrogens is 378 g/mol. The van der Waals surface area contributed by atoms with E-state index in [0.717, 1.165) is 25.3 Å². The van der Waals surface area contributed by atoms with Crippen LogP contribution in [0.4, 0.5) is 5.69 Å². The zero-order valence-electron chi connectivity index (χ0n) is 15.7. The molecule has 0 spiro atoms. The molecule has 28 heavy (non-hydrogen) atoms. The Morgan fingerprint density at radius 1 is 1.25 bits per heavy atom. The number of rotatable bonds is 6. The average molecular weight is 403 g/mol. The summed E-state index contributed by atoms with van der Waals surface area (Å²) >= 11 is 6.29. The summed E-state index contributed by atoms with van der Waals surface area (Å²) in [5.74, 6) is 0.784. The van der Waals surface area contributed by atoms with E-state index in [1.807, 2.05) is 12.1 Å². The van der Waals surface area contributed by atoms with Gasteiger partial charge < -0.3 is 19.5 Å². The molecule has 0 aliphatic carbocycles. The molecule has 2 saturated heterocycles. The molecule has 1 atom stereocenters. The quantitative estimate of drug-likeness (QED) is 0.778. The molecule has 1 aromatic carbocycles. The van der Waals surface area contributed by atoms with Gasteiger partial charge in [0.05, 0.1) is 36.6 Å². The number of furan rings is 1. The number of amides is 2. The van der Waals surface area contributed by atoms with Gasteiger partial charge in [0, 0.05) is 31.4 Å². The summed E-state index contributed by atoms with van der Waals surface area (Å²) in [4.78, 5) is 28.0. The molecular formula is C21H25ClN3O3+. The predicted octanol–water partition coefficient (Wildman–Crippen LogP) is 2.21. The van der Waals surface area contributed by atoms with Gasteiger partial charge in [0.25, 0.3) is 5.91 Å². The molecule has 2 fully saturated rings. The summed E-state index contributed by atoms with van der Waals surface area (Å²) in [6.07, 6.45) is 5.42. The number of halogens is 1. The Labute approximate surface area is 169 Å². The number of carbonyl (C=O) groups excluding carboxylic acids is 2. The van der Waals surface area contributed by atoms with E-state index in [-0.39, 0.29) is 17.9 Å². The number of hydrogen-bond donors (Lipinski definition) is 2. The van der Waals surface area contributed by atoms with Crippen molar-refractivity contribution in [1.29, 1.82) is 0 Å². The summed E-state index contributed by atoms with van der Waals surface area (Å²) in [5, 5.41) is 3.53. The number of quaternary nitrogens is 1. The number of nitrogens with one attached hydrogen (secondary N) is 2. The van der Waals surface area contributed by atoms with E-state index in [1.165, 1.54) is 17.7 Å². The standard InChI is InChI=1S/C21H24ClN3O3/c22-16-8-7-15(13-17(16)25-11-3-6-20(25)26)21(27)23-14-18(19-5-4-12-28-19)24-9-1-2-10-24/h4-5,7-8,12-13,18H,1-3,6,9-11,14H2,(H,23,27)/p+1/t18-/m1/s1. The van der Waals surface area contributed by atoms with Gasteiger partial charge in [-0.1, -0.05) is 11.6 Å². The monoisotopic (exact) mass is 402 g/mol. The second kappa shape index (κ2) is 8.37. The van der Waals surface area contributed by atoms with E-state index in [2.05, 4.69) is 5.32 Å². The number of benzene rings is 1. The largest absolute Gasteiger partial charge is 0.463 e. The summed E-state index contributed by atoms with van der Waals surface area (Å²) in [6.45, 7) is 3.32. The summed E-state index contributed by atoms with van der Waals surface area (Å²) < 4.78 is 5.63. The van der Waals surface area contributed by atoms with Crippen LogP contribution in [0.2, 0.25) is 5.02 Å². The van der Waals surface area contributed by atoms with Crippen molar-refractivity contribution in [2.24, 2.45) is 0 Å². The van der Waals surface area contributed by atoms with Crippen LogP contribution in [0.25, 0.3) is 0 Å². The molecule has 2 amide bonds. The van der Waals surface area contributed by atoms with Crippen LogP contribution in [0, 0.1) is 0 Å². The van der Waals surface area contributed by atoms with Gasteiger partial charge in [-0.05, 0) is 36.8 Å². The maximum atomic E-state index is 12.8.